The van der Waals surface area contributed by atoms with Crippen molar-refractivity contribution in [1.29, 1.82) is 10.5 Å². The lowest BCUT2D eigenvalue weighted by Gasteiger charge is -2.28. The Kier molecular flexibility index (Phi) is 2.00. The molecule has 5 atom stereocenters. The average Bonchev–Trinajstić information content (AvgIpc) is 2.72. The van der Waals surface area contributed by atoms with E-state index in [4.69, 9.17) is 10.5 Å². The number of rotatable bonds is 1. The van der Waals surface area contributed by atoms with Crippen LogP contribution in [0.3, 0.4) is 0 Å². The minimum absolute atomic E-state index is 0.250. The van der Waals surface area contributed by atoms with Crippen LogP contribution in [0.15, 0.2) is 0 Å². The zero-order chi connectivity index (χ0) is 9.42. The van der Waals surface area contributed by atoms with Crippen molar-refractivity contribution < 1.29 is 0 Å². The summed E-state index contributed by atoms with van der Waals surface area (Å²) in [5, 5.41) is 17.9. The zero-order valence-corrected chi connectivity index (χ0v) is 7.90. The molecule has 2 bridgehead atoms. The summed E-state index contributed by atoms with van der Waals surface area (Å²) in [7, 11) is 0. The van der Waals surface area contributed by atoms with Crippen LogP contribution < -0.4 is 0 Å². The van der Waals surface area contributed by atoms with Gasteiger partial charge in [0.1, 0.15) is 0 Å². The molecule has 0 saturated heterocycles. The Morgan fingerprint density at radius 2 is 2.00 bits per heavy atom. The lowest BCUT2D eigenvalue weighted by Crippen LogP contribution is -2.26. The Morgan fingerprint density at radius 1 is 1.23 bits per heavy atom. The normalized spacial score (nSPS) is 47.2. The van der Waals surface area contributed by atoms with Crippen LogP contribution in [0.5, 0.6) is 0 Å². The molecule has 0 radical (unpaired) electrons. The van der Waals surface area contributed by atoms with Gasteiger partial charge in [-0.25, -0.2) is 0 Å². The third-order valence-corrected chi connectivity index (χ3v) is 3.95. The van der Waals surface area contributed by atoms with E-state index in [9.17, 15) is 0 Å². The van der Waals surface area contributed by atoms with Crippen molar-refractivity contribution in [2.45, 2.75) is 26.2 Å². The molecule has 0 spiro atoms. The van der Waals surface area contributed by atoms with Crippen molar-refractivity contribution in [2.24, 2.45) is 29.6 Å². The number of nitrogens with zero attached hydrogens (tertiary/aromatic N) is 2. The topological polar surface area (TPSA) is 47.6 Å². The number of nitriles is 2. The van der Waals surface area contributed by atoms with E-state index < -0.39 is 0 Å². The van der Waals surface area contributed by atoms with E-state index >= 15 is 0 Å². The van der Waals surface area contributed by atoms with Crippen LogP contribution in [0, 0.1) is 52.3 Å². The lowest BCUT2D eigenvalue weighted by atomic mass is 9.74. The molecule has 2 aliphatic rings. The van der Waals surface area contributed by atoms with Crippen LogP contribution in [0.2, 0.25) is 0 Å². The van der Waals surface area contributed by atoms with Crippen LogP contribution >= 0.6 is 0 Å². The van der Waals surface area contributed by atoms with Gasteiger partial charge >= 0.3 is 0 Å². The first-order valence-electron chi connectivity index (χ1n) is 5.11. The van der Waals surface area contributed by atoms with Crippen LogP contribution in [0.1, 0.15) is 26.2 Å². The maximum absolute atomic E-state index is 9.02. The fraction of sp³-hybridized carbons (Fsp3) is 0.818. The van der Waals surface area contributed by atoms with Crippen molar-refractivity contribution in [3.05, 3.63) is 0 Å². The molecule has 0 aliphatic heterocycles. The summed E-state index contributed by atoms with van der Waals surface area (Å²) >= 11 is 0. The van der Waals surface area contributed by atoms with Crippen molar-refractivity contribution in [3.63, 3.8) is 0 Å². The fourth-order valence-electron chi connectivity index (χ4n) is 3.40. The summed E-state index contributed by atoms with van der Waals surface area (Å²) in [6, 6.07) is 4.83. The Balaban J connectivity index is 2.20. The maximum atomic E-state index is 9.02. The van der Waals surface area contributed by atoms with Gasteiger partial charge in [0.15, 0.2) is 0 Å². The van der Waals surface area contributed by atoms with Gasteiger partial charge in [-0.3, -0.25) is 0 Å². The van der Waals surface area contributed by atoms with Crippen molar-refractivity contribution in [1.82, 2.24) is 0 Å². The predicted octanol–water partition coefficient (Wildman–Crippen LogP) is 2.33. The standard InChI is InChI=1S/C11H14N2/c1-2-9-10-4-7(11(9)6-13)3-8(10)5-12/h7-11H,2-4H2,1H3. The maximum Gasteiger partial charge on any atom is 0.0661 e. The second kappa shape index (κ2) is 3.04. The zero-order valence-electron chi connectivity index (χ0n) is 7.90. The molecule has 2 rings (SSSR count). The Labute approximate surface area is 79.2 Å². The summed E-state index contributed by atoms with van der Waals surface area (Å²) in [6.45, 7) is 2.14. The van der Waals surface area contributed by atoms with Crippen LogP contribution in [0.4, 0.5) is 0 Å². The number of fused-ring (bicyclic) bond motifs is 2. The molecule has 0 aromatic carbocycles. The first-order chi connectivity index (χ1) is 6.31. The van der Waals surface area contributed by atoms with Crippen LogP contribution in [-0.2, 0) is 0 Å². The van der Waals surface area contributed by atoms with Gasteiger partial charge in [0.25, 0.3) is 0 Å². The summed E-state index contributed by atoms with van der Waals surface area (Å²) in [5.74, 6) is 2.07. The highest BCUT2D eigenvalue weighted by atomic mass is 14.6. The average molecular weight is 174 g/mol. The van der Waals surface area contributed by atoms with E-state index in [0.717, 1.165) is 19.3 Å². The summed E-state index contributed by atoms with van der Waals surface area (Å²) < 4.78 is 0. The molecule has 13 heavy (non-hydrogen) atoms. The van der Waals surface area contributed by atoms with Gasteiger partial charge in [-0.15, -0.1) is 0 Å². The second-order valence-corrected chi connectivity index (χ2v) is 4.36. The monoisotopic (exact) mass is 174 g/mol. The number of hydrogen-bond acceptors (Lipinski definition) is 2. The van der Waals surface area contributed by atoms with Crippen molar-refractivity contribution >= 4 is 0 Å². The fourth-order valence-corrected chi connectivity index (χ4v) is 3.40. The van der Waals surface area contributed by atoms with Gasteiger partial charge in [-0.1, -0.05) is 13.3 Å². The van der Waals surface area contributed by atoms with Gasteiger partial charge in [-0.05, 0) is 30.6 Å². The Morgan fingerprint density at radius 3 is 2.54 bits per heavy atom. The Hall–Kier alpha value is -1.02. The molecule has 0 aromatic heterocycles. The van der Waals surface area contributed by atoms with E-state index in [2.05, 4.69) is 19.1 Å². The van der Waals surface area contributed by atoms with E-state index in [0.29, 0.717) is 17.8 Å². The molecule has 2 aliphatic carbocycles. The molecule has 2 saturated carbocycles. The van der Waals surface area contributed by atoms with E-state index in [-0.39, 0.29) is 11.8 Å². The number of hydrogen-bond donors (Lipinski definition) is 0. The van der Waals surface area contributed by atoms with Crippen LogP contribution in [-0.4, -0.2) is 0 Å². The Bertz CT molecular complexity index is 283. The summed E-state index contributed by atoms with van der Waals surface area (Å²) in [5.41, 5.74) is 0. The molecule has 2 nitrogen and oxygen atoms in total. The minimum Gasteiger partial charge on any atom is -0.198 e. The third-order valence-electron chi connectivity index (χ3n) is 3.95. The van der Waals surface area contributed by atoms with Crippen LogP contribution in [0.25, 0.3) is 0 Å². The molecular weight excluding hydrogens is 160 g/mol. The summed E-state index contributed by atoms with van der Waals surface area (Å²) in [4.78, 5) is 0. The molecule has 0 amide bonds. The molecule has 0 N–H and O–H groups in total. The van der Waals surface area contributed by atoms with Gasteiger partial charge < -0.3 is 0 Å². The van der Waals surface area contributed by atoms with Gasteiger partial charge in [-0.2, -0.15) is 10.5 Å². The van der Waals surface area contributed by atoms with Crippen molar-refractivity contribution in [3.8, 4) is 12.1 Å². The van der Waals surface area contributed by atoms with E-state index in [1.54, 1.807) is 0 Å². The third kappa shape index (κ3) is 1.05. The second-order valence-electron chi connectivity index (χ2n) is 4.36. The molecular formula is C11H14N2. The molecule has 5 unspecified atom stereocenters. The smallest absolute Gasteiger partial charge is 0.0661 e. The predicted molar refractivity (Wildman–Crippen MR) is 48.2 cm³/mol. The molecule has 0 aromatic rings. The van der Waals surface area contributed by atoms with E-state index in [1.165, 1.54) is 0 Å². The highest BCUT2D eigenvalue weighted by Gasteiger charge is 2.51. The highest BCUT2D eigenvalue weighted by Crippen LogP contribution is 2.55. The van der Waals surface area contributed by atoms with Gasteiger partial charge in [0.2, 0.25) is 0 Å². The van der Waals surface area contributed by atoms with Crippen molar-refractivity contribution in [2.75, 3.05) is 0 Å². The molecule has 0 heterocycles. The van der Waals surface area contributed by atoms with E-state index in [1.807, 2.05) is 0 Å². The highest BCUT2D eigenvalue weighted by molar-refractivity contribution is 5.11. The first-order valence-corrected chi connectivity index (χ1v) is 5.11. The quantitative estimate of drug-likeness (QED) is 0.612. The largest absolute Gasteiger partial charge is 0.198 e. The first kappa shape index (κ1) is 8.57. The molecule has 2 fully saturated rings. The van der Waals surface area contributed by atoms with Gasteiger partial charge in [0, 0.05) is 5.92 Å². The van der Waals surface area contributed by atoms with Gasteiger partial charge in [0.05, 0.1) is 18.1 Å². The lowest BCUT2D eigenvalue weighted by molar-refractivity contribution is 0.225. The SMILES string of the molecule is CCC1C(C#N)C2CC(C#N)C1C2. The minimum atomic E-state index is 0.250. The molecule has 68 valence electrons. The summed E-state index contributed by atoms with van der Waals surface area (Å²) in [6.07, 6.45) is 3.18. The molecule has 2 heteroatoms.